The molecule has 0 saturated carbocycles. The standard InChI is InChI=1S/C12H9BrFN3/c1-6-3-8(13)10(14)9-11(6)17-5-7(4-15)12(9)16-2/h3,5H,1-2H3,(H,16,17). The number of hydrogen-bond acceptors (Lipinski definition) is 3. The van der Waals surface area contributed by atoms with E-state index in [4.69, 9.17) is 5.26 Å². The van der Waals surface area contributed by atoms with Gasteiger partial charge in [0.1, 0.15) is 11.9 Å². The van der Waals surface area contributed by atoms with Crippen LogP contribution in [0, 0.1) is 24.1 Å². The summed E-state index contributed by atoms with van der Waals surface area (Å²) in [5.74, 6) is -0.403. The van der Waals surface area contributed by atoms with Crippen LogP contribution < -0.4 is 5.32 Å². The van der Waals surface area contributed by atoms with Crippen molar-refractivity contribution in [3.8, 4) is 6.07 Å². The summed E-state index contributed by atoms with van der Waals surface area (Å²) >= 11 is 3.16. The first-order chi connectivity index (χ1) is 8.10. The lowest BCUT2D eigenvalue weighted by molar-refractivity contribution is 0.633. The first-order valence-electron chi connectivity index (χ1n) is 4.95. The zero-order valence-corrected chi connectivity index (χ0v) is 10.9. The van der Waals surface area contributed by atoms with Gasteiger partial charge in [0.15, 0.2) is 0 Å². The van der Waals surface area contributed by atoms with Gasteiger partial charge in [-0.1, -0.05) is 0 Å². The highest BCUT2D eigenvalue weighted by Gasteiger charge is 2.15. The minimum Gasteiger partial charge on any atom is -0.386 e. The molecule has 3 nitrogen and oxygen atoms in total. The number of pyridine rings is 1. The van der Waals surface area contributed by atoms with Crippen LogP contribution in [0.15, 0.2) is 16.7 Å². The first-order valence-corrected chi connectivity index (χ1v) is 5.74. The summed E-state index contributed by atoms with van der Waals surface area (Å²) in [5, 5.41) is 12.2. The number of hydrogen-bond donors (Lipinski definition) is 1. The summed E-state index contributed by atoms with van der Waals surface area (Å²) in [5.41, 5.74) is 2.22. The van der Waals surface area contributed by atoms with E-state index < -0.39 is 5.82 Å². The fourth-order valence-electron chi connectivity index (χ4n) is 1.81. The lowest BCUT2D eigenvalue weighted by Crippen LogP contribution is -1.99. The summed E-state index contributed by atoms with van der Waals surface area (Å²) < 4.78 is 14.5. The number of aryl methyl sites for hydroxylation is 1. The zero-order chi connectivity index (χ0) is 12.6. The fraction of sp³-hybridized carbons (Fsp3) is 0.167. The Kier molecular flexibility index (Phi) is 2.99. The molecule has 1 aromatic carbocycles. The van der Waals surface area contributed by atoms with E-state index in [9.17, 15) is 4.39 Å². The molecule has 1 N–H and O–H groups in total. The molecule has 0 spiro atoms. The van der Waals surface area contributed by atoms with Crippen molar-refractivity contribution in [1.82, 2.24) is 4.98 Å². The molecular weight excluding hydrogens is 285 g/mol. The minimum atomic E-state index is -0.403. The molecule has 86 valence electrons. The van der Waals surface area contributed by atoms with Crippen LogP contribution in [0.1, 0.15) is 11.1 Å². The molecule has 17 heavy (non-hydrogen) atoms. The largest absolute Gasteiger partial charge is 0.386 e. The third-order valence-corrected chi connectivity index (χ3v) is 3.17. The van der Waals surface area contributed by atoms with Crippen LogP contribution in [0.3, 0.4) is 0 Å². The van der Waals surface area contributed by atoms with Gasteiger partial charge in [-0.3, -0.25) is 4.98 Å². The average molecular weight is 294 g/mol. The summed E-state index contributed by atoms with van der Waals surface area (Å²) in [6.45, 7) is 1.85. The molecule has 0 saturated heterocycles. The van der Waals surface area contributed by atoms with E-state index in [2.05, 4.69) is 26.2 Å². The van der Waals surface area contributed by atoms with Gasteiger partial charge in [-0.25, -0.2) is 4.39 Å². The Morgan fingerprint density at radius 2 is 2.24 bits per heavy atom. The maximum Gasteiger partial charge on any atom is 0.148 e. The monoisotopic (exact) mass is 293 g/mol. The number of nitriles is 1. The SMILES string of the molecule is CNc1c(C#N)cnc2c(C)cc(Br)c(F)c12. The van der Waals surface area contributed by atoms with E-state index in [1.54, 1.807) is 13.1 Å². The second-order valence-electron chi connectivity index (χ2n) is 3.62. The Labute approximate surface area is 106 Å². The van der Waals surface area contributed by atoms with Crippen molar-refractivity contribution in [2.75, 3.05) is 12.4 Å². The number of fused-ring (bicyclic) bond motifs is 1. The molecule has 0 amide bonds. The van der Waals surface area contributed by atoms with Crippen molar-refractivity contribution in [3.63, 3.8) is 0 Å². The van der Waals surface area contributed by atoms with Crippen molar-refractivity contribution >= 4 is 32.5 Å². The normalized spacial score (nSPS) is 10.3. The number of rotatable bonds is 1. The number of aromatic nitrogens is 1. The Bertz CT molecular complexity index is 646. The molecule has 0 aliphatic heterocycles. The lowest BCUT2D eigenvalue weighted by Gasteiger charge is -2.11. The Hall–Kier alpha value is -1.67. The zero-order valence-electron chi connectivity index (χ0n) is 9.31. The maximum absolute atomic E-state index is 14.1. The van der Waals surface area contributed by atoms with Crippen LogP contribution in [0.25, 0.3) is 10.9 Å². The van der Waals surface area contributed by atoms with Gasteiger partial charge in [-0.2, -0.15) is 5.26 Å². The highest BCUT2D eigenvalue weighted by molar-refractivity contribution is 9.10. The smallest absolute Gasteiger partial charge is 0.148 e. The van der Waals surface area contributed by atoms with Gasteiger partial charge in [-0.05, 0) is 34.5 Å². The van der Waals surface area contributed by atoms with Gasteiger partial charge < -0.3 is 5.32 Å². The number of benzene rings is 1. The quantitative estimate of drug-likeness (QED) is 0.877. The lowest BCUT2D eigenvalue weighted by atomic mass is 10.1. The molecular formula is C12H9BrFN3. The second kappa shape index (κ2) is 4.30. The third kappa shape index (κ3) is 1.75. The highest BCUT2D eigenvalue weighted by atomic mass is 79.9. The molecule has 2 rings (SSSR count). The summed E-state index contributed by atoms with van der Waals surface area (Å²) in [4.78, 5) is 4.14. The summed E-state index contributed by atoms with van der Waals surface area (Å²) in [6.07, 6.45) is 1.45. The van der Waals surface area contributed by atoms with Crippen molar-refractivity contribution in [1.29, 1.82) is 5.26 Å². The van der Waals surface area contributed by atoms with Crippen LogP contribution in [-0.2, 0) is 0 Å². The number of anilines is 1. The summed E-state index contributed by atoms with van der Waals surface area (Å²) in [7, 11) is 1.66. The van der Waals surface area contributed by atoms with Gasteiger partial charge in [0, 0.05) is 13.2 Å². The van der Waals surface area contributed by atoms with Crippen molar-refractivity contribution in [3.05, 3.63) is 33.7 Å². The molecule has 0 fully saturated rings. The van der Waals surface area contributed by atoms with Crippen LogP contribution >= 0.6 is 15.9 Å². The third-order valence-electron chi connectivity index (χ3n) is 2.60. The molecule has 0 bridgehead atoms. The Morgan fingerprint density at radius 1 is 1.53 bits per heavy atom. The van der Waals surface area contributed by atoms with Gasteiger partial charge in [0.05, 0.1) is 26.6 Å². The van der Waals surface area contributed by atoms with Crippen molar-refractivity contribution in [2.45, 2.75) is 6.92 Å². The molecule has 0 atom stereocenters. The average Bonchev–Trinajstić information content (AvgIpc) is 2.34. The molecule has 0 unspecified atom stereocenters. The highest BCUT2D eigenvalue weighted by Crippen LogP contribution is 2.33. The van der Waals surface area contributed by atoms with E-state index in [1.807, 2.05) is 13.0 Å². The molecule has 2 aromatic rings. The Morgan fingerprint density at radius 3 is 2.82 bits per heavy atom. The molecule has 0 aliphatic rings. The van der Waals surface area contributed by atoms with Crippen LogP contribution in [0.4, 0.5) is 10.1 Å². The molecule has 0 aliphatic carbocycles. The molecule has 1 aromatic heterocycles. The van der Waals surface area contributed by atoms with E-state index in [-0.39, 0.29) is 0 Å². The minimum absolute atomic E-state index is 0.330. The number of nitrogens with one attached hydrogen (secondary N) is 1. The van der Waals surface area contributed by atoms with Crippen LogP contribution in [0.5, 0.6) is 0 Å². The van der Waals surface area contributed by atoms with Crippen molar-refractivity contribution < 1.29 is 4.39 Å². The van der Waals surface area contributed by atoms with E-state index >= 15 is 0 Å². The van der Waals surface area contributed by atoms with Gasteiger partial charge in [0.25, 0.3) is 0 Å². The molecule has 5 heteroatoms. The van der Waals surface area contributed by atoms with Gasteiger partial charge >= 0.3 is 0 Å². The first kappa shape index (κ1) is 11.8. The summed E-state index contributed by atoms with van der Waals surface area (Å²) in [6, 6.07) is 3.67. The molecule has 1 heterocycles. The van der Waals surface area contributed by atoms with Crippen LogP contribution in [-0.4, -0.2) is 12.0 Å². The predicted octanol–water partition coefficient (Wildman–Crippen LogP) is 3.36. The van der Waals surface area contributed by atoms with Crippen molar-refractivity contribution in [2.24, 2.45) is 0 Å². The Balaban J connectivity index is 3.03. The van der Waals surface area contributed by atoms with E-state index in [1.165, 1.54) is 6.20 Å². The van der Waals surface area contributed by atoms with Gasteiger partial charge in [-0.15, -0.1) is 0 Å². The fourth-order valence-corrected chi connectivity index (χ4v) is 2.35. The van der Waals surface area contributed by atoms with Crippen LogP contribution in [0.2, 0.25) is 0 Å². The topological polar surface area (TPSA) is 48.7 Å². The second-order valence-corrected chi connectivity index (χ2v) is 4.48. The van der Waals surface area contributed by atoms with E-state index in [0.29, 0.717) is 26.6 Å². The predicted molar refractivity (Wildman–Crippen MR) is 68.4 cm³/mol. The van der Waals surface area contributed by atoms with Gasteiger partial charge in [0.2, 0.25) is 0 Å². The maximum atomic E-state index is 14.1. The molecule has 0 radical (unpaired) electrons. The number of halogens is 2. The number of nitrogens with zero attached hydrogens (tertiary/aromatic N) is 2. The van der Waals surface area contributed by atoms with E-state index in [0.717, 1.165) is 5.56 Å².